The standard InChI is InChI=1S/C11H15ClO2/c1-3-10(13)7-8-6-9(12)4-5-11(8)14-2/h4-6,10,13H,3,7H2,1-2H3/t10-/m0/s1. The molecule has 1 aromatic carbocycles. The summed E-state index contributed by atoms with van der Waals surface area (Å²) in [5, 5.41) is 10.2. The van der Waals surface area contributed by atoms with Crippen LogP contribution < -0.4 is 4.74 Å². The van der Waals surface area contributed by atoms with Gasteiger partial charge in [0.1, 0.15) is 5.75 Å². The molecule has 0 heterocycles. The Kier molecular flexibility index (Phi) is 4.23. The third-order valence-corrected chi connectivity index (χ3v) is 2.40. The molecule has 1 atom stereocenters. The average Bonchev–Trinajstić information content (AvgIpc) is 2.18. The molecule has 78 valence electrons. The number of halogens is 1. The molecule has 0 fully saturated rings. The van der Waals surface area contributed by atoms with Crippen molar-refractivity contribution in [2.45, 2.75) is 25.9 Å². The van der Waals surface area contributed by atoms with E-state index in [1.165, 1.54) is 0 Å². The molecule has 0 aromatic heterocycles. The first-order chi connectivity index (χ1) is 6.67. The van der Waals surface area contributed by atoms with Gasteiger partial charge in [0.25, 0.3) is 0 Å². The van der Waals surface area contributed by atoms with Crippen LogP contribution in [0.4, 0.5) is 0 Å². The molecule has 1 rings (SSSR count). The minimum Gasteiger partial charge on any atom is -0.496 e. The molecule has 3 heteroatoms. The molecule has 0 saturated heterocycles. The quantitative estimate of drug-likeness (QED) is 0.835. The minimum absolute atomic E-state index is 0.331. The maximum Gasteiger partial charge on any atom is 0.122 e. The van der Waals surface area contributed by atoms with Gasteiger partial charge in [0.2, 0.25) is 0 Å². The van der Waals surface area contributed by atoms with Crippen molar-refractivity contribution in [3.8, 4) is 5.75 Å². The van der Waals surface area contributed by atoms with Crippen LogP contribution >= 0.6 is 11.6 Å². The zero-order valence-electron chi connectivity index (χ0n) is 8.46. The lowest BCUT2D eigenvalue weighted by Gasteiger charge is -2.11. The average molecular weight is 215 g/mol. The number of ether oxygens (including phenoxy) is 1. The van der Waals surface area contributed by atoms with Crippen LogP contribution in [0.25, 0.3) is 0 Å². The lowest BCUT2D eigenvalue weighted by Crippen LogP contribution is -2.09. The molecular formula is C11H15ClO2. The summed E-state index contributed by atoms with van der Waals surface area (Å²) in [5.74, 6) is 0.780. The van der Waals surface area contributed by atoms with Gasteiger partial charge in [0.05, 0.1) is 13.2 Å². The van der Waals surface area contributed by atoms with E-state index in [9.17, 15) is 5.11 Å². The van der Waals surface area contributed by atoms with Crippen LogP contribution in [0, 0.1) is 0 Å². The topological polar surface area (TPSA) is 29.5 Å². The predicted molar refractivity (Wildman–Crippen MR) is 58.0 cm³/mol. The van der Waals surface area contributed by atoms with E-state index in [2.05, 4.69) is 0 Å². The van der Waals surface area contributed by atoms with Crippen molar-refractivity contribution >= 4 is 11.6 Å². The van der Waals surface area contributed by atoms with E-state index in [0.29, 0.717) is 11.4 Å². The summed E-state index contributed by atoms with van der Waals surface area (Å²) in [5.41, 5.74) is 0.953. The Bertz CT molecular complexity index is 299. The maximum absolute atomic E-state index is 9.52. The summed E-state index contributed by atoms with van der Waals surface area (Å²) in [6, 6.07) is 5.43. The first-order valence-electron chi connectivity index (χ1n) is 4.67. The van der Waals surface area contributed by atoms with Crippen molar-refractivity contribution in [3.05, 3.63) is 28.8 Å². The fourth-order valence-electron chi connectivity index (χ4n) is 1.30. The Morgan fingerprint density at radius 2 is 2.21 bits per heavy atom. The van der Waals surface area contributed by atoms with E-state index in [1.807, 2.05) is 19.1 Å². The lowest BCUT2D eigenvalue weighted by atomic mass is 10.1. The maximum atomic E-state index is 9.52. The van der Waals surface area contributed by atoms with Crippen molar-refractivity contribution in [1.82, 2.24) is 0 Å². The second kappa shape index (κ2) is 5.23. The van der Waals surface area contributed by atoms with Gasteiger partial charge >= 0.3 is 0 Å². The van der Waals surface area contributed by atoms with Crippen LogP contribution in [0.1, 0.15) is 18.9 Å². The third kappa shape index (κ3) is 2.89. The van der Waals surface area contributed by atoms with Crippen LogP contribution in [0.5, 0.6) is 5.75 Å². The van der Waals surface area contributed by atoms with Gasteiger partial charge in [-0.3, -0.25) is 0 Å². The van der Waals surface area contributed by atoms with Gasteiger partial charge in [-0.05, 0) is 30.2 Å². The zero-order valence-corrected chi connectivity index (χ0v) is 9.21. The predicted octanol–water partition coefficient (Wildman–Crippen LogP) is 2.66. The molecule has 0 unspecified atom stereocenters. The normalized spacial score (nSPS) is 12.6. The van der Waals surface area contributed by atoms with E-state index in [0.717, 1.165) is 17.7 Å². The first kappa shape index (κ1) is 11.3. The molecule has 0 aliphatic rings. The molecule has 0 aliphatic heterocycles. The molecule has 0 saturated carbocycles. The Morgan fingerprint density at radius 1 is 1.50 bits per heavy atom. The Hall–Kier alpha value is -0.730. The fourth-order valence-corrected chi connectivity index (χ4v) is 1.50. The highest BCUT2D eigenvalue weighted by Crippen LogP contribution is 2.24. The van der Waals surface area contributed by atoms with E-state index < -0.39 is 0 Å². The monoisotopic (exact) mass is 214 g/mol. The van der Waals surface area contributed by atoms with Crippen LogP contribution in [0.15, 0.2) is 18.2 Å². The summed E-state index contributed by atoms with van der Waals surface area (Å²) in [4.78, 5) is 0. The minimum atomic E-state index is -0.331. The van der Waals surface area contributed by atoms with Crippen molar-refractivity contribution in [2.75, 3.05) is 7.11 Å². The van der Waals surface area contributed by atoms with Crippen LogP contribution in [-0.4, -0.2) is 18.3 Å². The summed E-state index contributed by atoms with van der Waals surface area (Å²) < 4.78 is 5.18. The summed E-state index contributed by atoms with van der Waals surface area (Å²) >= 11 is 5.86. The Labute approximate surface area is 89.5 Å². The molecule has 0 spiro atoms. The van der Waals surface area contributed by atoms with E-state index >= 15 is 0 Å². The number of benzene rings is 1. The number of hydrogen-bond donors (Lipinski definition) is 1. The lowest BCUT2D eigenvalue weighted by molar-refractivity contribution is 0.169. The van der Waals surface area contributed by atoms with Gasteiger partial charge in [-0.1, -0.05) is 18.5 Å². The third-order valence-electron chi connectivity index (χ3n) is 2.17. The van der Waals surface area contributed by atoms with E-state index in [1.54, 1.807) is 13.2 Å². The largest absolute Gasteiger partial charge is 0.496 e. The summed E-state index contributed by atoms with van der Waals surface area (Å²) in [7, 11) is 1.62. The number of methoxy groups -OCH3 is 1. The smallest absolute Gasteiger partial charge is 0.122 e. The Morgan fingerprint density at radius 3 is 2.79 bits per heavy atom. The molecule has 1 aromatic rings. The highest BCUT2D eigenvalue weighted by atomic mass is 35.5. The second-order valence-electron chi connectivity index (χ2n) is 3.22. The molecule has 0 bridgehead atoms. The van der Waals surface area contributed by atoms with Gasteiger partial charge < -0.3 is 9.84 Å². The number of rotatable bonds is 4. The number of aliphatic hydroxyl groups excluding tert-OH is 1. The van der Waals surface area contributed by atoms with Gasteiger partial charge in [-0.2, -0.15) is 0 Å². The SMILES string of the molecule is CC[C@H](O)Cc1cc(Cl)ccc1OC. The molecular weight excluding hydrogens is 200 g/mol. The molecule has 14 heavy (non-hydrogen) atoms. The molecule has 0 aliphatic carbocycles. The fraction of sp³-hybridized carbons (Fsp3) is 0.455. The van der Waals surface area contributed by atoms with E-state index in [4.69, 9.17) is 16.3 Å². The van der Waals surface area contributed by atoms with Gasteiger partial charge in [0.15, 0.2) is 0 Å². The van der Waals surface area contributed by atoms with Crippen molar-refractivity contribution in [3.63, 3.8) is 0 Å². The van der Waals surface area contributed by atoms with Crippen LogP contribution in [-0.2, 0) is 6.42 Å². The van der Waals surface area contributed by atoms with Crippen LogP contribution in [0.2, 0.25) is 5.02 Å². The molecule has 2 nitrogen and oxygen atoms in total. The zero-order chi connectivity index (χ0) is 10.6. The number of hydrogen-bond acceptors (Lipinski definition) is 2. The first-order valence-corrected chi connectivity index (χ1v) is 5.05. The van der Waals surface area contributed by atoms with Crippen molar-refractivity contribution in [1.29, 1.82) is 0 Å². The van der Waals surface area contributed by atoms with Crippen molar-refractivity contribution < 1.29 is 9.84 Å². The van der Waals surface area contributed by atoms with E-state index in [-0.39, 0.29) is 6.10 Å². The van der Waals surface area contributed by atoms with Gasteiger partial charge in [-0.25, -0.2) is 0 Å². The van der Waals surface area contributed by atoms with Gasteiger partial charge in [0, 0.05) is 11.4 Å². The molecule has 0 radical (unpaired) electrons. The Balaban J connectivity index is 2.87. The van der Waals surface area contributed by atoms with Crippen molar-refractivity contribution in [2.24, 2.45) is 0 Å². The molecule has 0 amide bonds. The highest BCUT2D eigenvalue weighted by Gasteiger charge is 2.08. The summed E-state index contributed by atoms with van der Waals surface area (Å²) in [6.45, 7) is 1.95. The summed E-state index contributed by atoms with van der Waals surface area (Å²) in [6.07, 6.45) is 0.984. The van der Waals surface area contributed by atoms with Gasteiger partial charge in [-0.15, -0.1) is 0 Å². The number of aliphatic hydroxyl groups is 1. The molecule has 1 N–H and O–H groups in total. The van der Waals surface area contributed by atoms with Crippen LogP contribution in [0.3, 0.4) is 0 Å². The second-order valence-corrected chi connectivity index (χ2v) is 3.66. The highest BCUT2D eigenvalue weighted by molar-refractivity contribution is 6.30.